The van der Waals surface area contributed by atoms with Crippen molar-refractivity contribution in [1.82, 2.24) is 13.5 Å². The van der Waals surface area contributed by atoms with Gasteiger partial charge in [0, 0.05) is 0 Å². The number of sulfonamides is 2. The molecular formula is C14H14N4O4S3. The molecule has 0 saturated heterocycles. The lowest BCUT2D eigenvalue weighted by Crippen LogP contribution is -2.20. The molecule has 2 aromatic carbocycles. The third kappa shape index (κ3) is 3.35. The minimum Gasteiger partial charge on any atom is -0.280 e. The molecule has 1 aromatic heterocycles. The topological polar surface area (TPSA) is 118 Å². The summed E-state index contributed by atoms with van der Waals surface area (Å²) in [5.41, 5.74) is 1.40. The van der Waals surface area contributed by atoms with Crippen LogP contribution in [0.5, 0.6) is 0 Å². The van der Waals surface area contributed by atoms with Crippen LogP contribution in [0.15, 0.2) is 46.2 Å². The molecule has 0 amide bonds. The first-order valence-electron chi connectivity index (χ1n) is 7.03. The Labute approximate surface area is 149 Å². The van der Waals surface area contributed by atoms with E-state index in [2.05, 4.69) is 18.2 Å². The van der Waals surface area contributed by atoms with Crippen LogP contribution in [-0.4, -0.2) is 32.6 Å². The van der Waals surface area contributed by atoms with Crippen LogP contribution in [0, 0.1) is 6.92 Å². The summed E-state index contributed by atoms with van der Waals surface area (Å²) in [5.74, 6) is 0. The van der Waals surface area contributed by atoms with Crippen molar-refractivity contribution in [2.24, 2.45) is 0 Å². The van der Waals surface area contributed by atoms with E-state index in [0.29, 0.717) is 11.1 Å². The maximum Gasteiger partial charge on any atom is 0.264 e. The van der Waals surface area contributed by atoms with E-state index in [1.54, 1.807) is 19.1 Å². The number of nitrogens with one attached hydrogen (secondary N) is 2. The van der Waals surface area contributed by atoms with Crippen LogP contribution in [0.3, 0.4) is 0 Å². The first-order chi connectivity index (χ1) is 11.7. The fraction of sp³-hybridized carbons (Fsp3) is 0.143. The maximum atomic E-state index is 12.7. The first-order valence-corrected chi connectivity index (χ1v) is 10.7. The van der Waals surface area contributed by atoms with E-state index in [4.69, 9.17) is 0 Å². The molecule has 0 saturated carbocycles. The SMILES string of the molecule is CNS(=O)(=O)c1cc(NS(=O)(=O)c2cccc3nsnc23)ccc1C. The summed E-state index contributed by atoms with van der Waals surface area (Å²) in [6, 6.07) is 8.98. The number of benzene rings is 2. The van der Waals surface area contributed by atoms with Gasteiger partial charge in [-0.3, -0.25) is 4.72 Å². The van der Waals surface area contributed by atoms with Crippen molar-refractivity contribution in [3.05, 3.63) is 42.0 Å². The monoisotopic (exact) mass is 398 g/mol. The molecule has 0 radical (unpaired) electrons. The summed E-state index contributed by atoms with van der Waals surface area (Å²) >= 11 is 0.920. The molecule has 1 heterocycles. The number of rotatable bonds is 5. The smallest absolute Gasteiger partial charge is 0.264 e. The number of hydrogen-bond acceptors (Lipinski definition) is 7. The second-order valence-corrected chi connectivity index (χ2v) is 9.22. The number of nitrogens with zero attached hydrogens (tertiary/aromatic N) is 2. The molecule has 0 aliphatic heterocycles. The summed E-state index contributed by atoms with van der Waals surface area (Å²) in [5, 5.41) is 0. The van der Waals surface area contributed by atoms with Gasteiger partial charge in [0.1, 0.15) is 15.9 Å². The van der Waals surface area contributed by atoms with Crippen molar-refractivity contribution >= 4 is 48.5 Å². The zero-order valence-corrected chi connectivity index (χ0v) is 15.7. The average Bonchev–Trinajstić information content (AvgIpc) is 3.04. The van der Waals surface area contributed by atoms with Crippen molar-refractivity contribution in [3.8, 4) is 0 Å². The molecule has 3 aromatic rings. The highest BCUT2D eigenvalue weighted by Crippen LogP contribution is 2.25. The van der Waals surface area contributed by atoms with Gasteiger partial charge >= 0.3 is 0 Å². The van der Waals surface area contributed by atoms with E-state index >= 15 is 0 Å². The highest BCUT2D eigenvalue weighted by Gasteiger charge is 2.21. The van der Waals surface area contributed by atoms with Crippen LogP contribution in [-0.2, 0) is 20.0 Å². The summed E-state index contributed by atoms with van der Waals surface area (Å²) in [4.78, 5) is -0.0129. The van der Waals surface area contributed by atoms with Gasteiger partial charge in [-0.05, 0) is 43.8 Å². The van der Waals surface area contributed by atoms with Crippen LogP contribution in [0.1, 0.15) is 5.56 Å². The van der Waals surface area contributed by atoms with Crippen molar-refractivity contribution < 1.29 is 16.8 Å². The Morgan fingerprint density at radius 2 is 1.72 bits per heavy atom. The Morgan fingerprint density at radius 3 is 2.44 bits per heavy atom. The van der Waals surface area contributed by atoms with Gasteiger partial charge in [0.25, 0.3) is 10.0 Å². The second kappa shape index (κ2) is 6.33. The second-order valence-electron chi connectivity index (χ2n) is 5.18. The van der Waals surface area contributed by atoms with E-state index < -0.39 is 20.0 Å². The number of aromatic nitrogens is 2. The predicted octanol–water partition coefficient (Wildman–Crippen LogP) is 1.71. The van der Waals surface area contributed by atoms with Crippen molar-refractivity contribution in [3.63, 3.8) is 0 Å². The number of anilines is 1. The standard InChI is InChI=1S/C14H14N4O4S3/c1-9-6-7-10(8-13(9)24(19,20)15-2)18-25(21,22)12-5-3-4-11-14(12)17-23-16-11/h3-8,15,18H,1-2H3. The lowest BCUT2D eigenvalue weighted by Gasteiger charge is -2.12. The van der Waals surface area contributed by atoms with E-state index in [-0.39, 0.29) is 21.0 Å². The maximum absolute atomic E-state index is 12.7. The van der Waals surface area contributed by atoms with Gasteiger partial charge in [-0.25, -0.2) is 21.6 Å². The lowest BCUT2D eigenvalue weighted by molar-refractivity contribution is 0.587. The van der Waals surface area contributed by atoms with Gasteiger partial charge in [0.2, 0.25) is 10.0 Å². The Morgan fingerprint density at radius 1 is 0.960 bits per heavy atom. The summed E-state index contributed by atoms with van der Waals surface area (Å²) in [6.07, 6.45) is 0. The van der Waals surface area contributed by atoms with E-state index in [1.165, 1.54) is 31.3 Å². The van der Waals surface area contributed by atoms with Gasteiger partial charge in [-0.1, -0.05) is 12.1 Å². The van der Waals surface area contributed by atoms with Crippen molar-refractivity contribution in [2.45, 2.75) is 16.7 Å². The molecule has 3 rings (SSSR count). The largest absolute Gasteiger partial charge is 0.280 e. The first kappa shape index (κ1) is 17.7. The van der Waals surface area contributed by atoms with Crippen LogP contribution >= 0.6 is 11.7 Å². The Hall–Kier alpha value is -2.08. The fourth-order valence-electron chi connectivity index (χ4n) is 2.27. The van der Waals surface area contributed by atoms with Gasteiger partial charge in [0.05, 0.1) is 22.3 Å². The number of aryl methyl sites for hydroxylation is 1. The van der Waals surface area contributed by atoms with E-state index in [9.17, 15) is 16.8 Å². The molecule has 0 aliphatic carbocycles. The zero-order valence-electron chi connectivity index (χ0n) is 13.2. The number of fused-ring (bicyclic) bond motifs is 1. The fourth-order valence-corrected chi connectivity index (χ4v) is 5.08. The minimum absolute atomic E-state index is 0.00346. The van der Waals surface area contributed by atoms with Gasteiger partial charge in [-0.2, -0.15) is 8.75 Å². The van der Waals surface area contributed by atoms with E-state index in [0.717, 1.165) is 11.7 Å². The third-order valence-electron chi connectivity index (χ3n) is 3.54. The van der Waals surface area contributed by atoms with Crippen molar-refractivity contribution in [1.29, 1.82) is 0 Å². The minimum atomic E-state index is -3.95. The molecule has 25 heavy (non-hydrogen) atoms. The molecule has 0 aliphatic rings. The highest BCUT2D eigenvalue weighted by molar-refractivity contribution is 7.93. The summed E-state index contributed by atoms with van der Waals surface area (Å²) in [7, 11) is -6.36. The van der Waals surface area contributed by atoms with E-state index in [1.807, 2.05) is 0 Å². The molecule has 2 N–H and O–H groups in total. The molecule has 132 valence electrons. The zero-order chi connectivity index (χ0) is 18.2. The molecular weight excluding hydrogens is 384 g/mol. The third-order valence-corrected chi connectivity index (χ3v) is 7.05. The van der Waals surface area contributed by atoms with Crippen LogP contribution < -0.4 is 9.44 Å². The molecule has 11 heteroatoms. The molecule has 8 nitrogen and oxygen atoms in total. The van der Waals surface area contributed by atoms with Crippen molar-refractivity contribution in [2.75, 3.05) is 11.8 Å². The molecule has 0 fully saturated rings. The molecule has 0 unspecified atom stereocenters. The van der Waals surface area contributed by atoms with Gasteiger partial charge < -0.3 is 0 Å². The molecule has 0 bridgehead atoms. The highest BCUT2D eigenvalue weighted by atomic mass is 32.2. The summed E-state index contributed by atoms with van der Waals surface area (Å²) in [6.45, 7) is 1.63. The van der Waals surface area contributed by atoms with Gasteiger partial charge in [0.15, 0.2) is 0 Å². The Kier molecular flexibility index (Phi) is 4.49. The van der Waals surface area contributed by atoms with Crippen LogP contribution in [0.4, 0.5) is 5.69 Å². The average molecular weight is 398 g/mol. The Bertz CT molecular complexity index is 1150. The quantitative estimate of drug-likeness (QED) is 0.675. The van der Waals surface area contributed by atoms with Gasteiger partial charge in [-0.15, -0.1) is 0 Å². The van der Waals surface area contributed by atoms with Crippen LogP contribution in [0.2, 0.25) is 0 Å². The van der Waals surface area contributed by atoms with Crippen LogP contribution in [0.25, 0.3) is 11.0 Å². The molecule has 0 atom stereocenters. The molecule has 0 spiro atoms. The summed E-state index contributed by atoms with van der Waals surface area (Å²) < 4.78 is 62.1. The Balaban J connectivity index is 2.05. The normalized spacial score (nSPS) is 12.4. The predicted molar refractivity (Wildman–Crippen MR) is 95.6 cm³/mol. The lowest BCUT2D eigenvalue weighted by atomic mass is 10.2. The number of hydrogen-bond donors (Lipinski definition) is 2.